The molecule has 0 amide bonds. The molecule has 4 aromatic rings. The van der Waals surface area contributed by atoms with E-state index in [-0.39, 0.29) is 29.3 Å². The lowest BCUT2D eigenvalue weighted by molar-refractivity contribution is 0.101. The lowest BCUT2D eigenvalue weighted by atomic mass is 10.0. The molecular formula is C25H24N2O5S. The molecule has 0 saturated carbocycles. The van der Waals surface area contributed by atoms with Gasteiger partial charge in [-0.15, -0.1) is 0 Å². The molecule has 2 aromatic carbocycles. The Morgan fingerprint density at radius 1 is 1.03 bits per heavy atom. The Balaban J connectivity index is 1.77. The van der Waals surface area contributed by atoms with Gasteiger partial charge in [0.05, 0.1) is 17.7 Å². The molecule has 2 heterocycles. The monoisotopic (exact) mass is 464 g/mol. The Morgan fingerprint density at radius 2 is 1.76 bits per heavy atom. The SMILES string of the molecule is CC(=O)c1ccc(S(=O)(=O)N(Cc2ccco2)Cc2cc3c(C)cc(C)cc3[nH]c2=O)cc1. The summed E-state index contributed by atoms with van der Waals surface area (Å²) in [6, 6.07) is 14.8. The molecule has 7 nitrogen and oxygen atoms in total. The smallest absolute Gasteiger partial charge is 0.252 e. The molecule has 8 heteroatoms. The number of hydrogen-bond donors (Lipinski definition) is 1. The summed E-state index contributed by atoms with van der Waals surface area (Å²) in [6.07, 6.45) is 1.47. The number of pyridine rings is 1. The molecule has 0 spiro atoms. The van der Waals surface area contributed by atoms with Gasteiger partial charge in [-0.25, -0.2) is 8.42 Å². The minimum atomic E-state index is -4.00. The fourth-order valence-electron chi connectivity index (χ4n) is 3.84. The second-order valence-corrected chi connectivity index (χ2v) is 10.0. The molecule has 0 radical (unpaired) electrons. The molecule has 2 aromatic heterocycles. The van der Waals surface area contributed by atoms with Crippen LogP contribution in [0, 0.1) is 13.8 Å². The van der Waals surface area contributed by atoms with Crippen LogP contribution < -0.4 is 5.56 Å². The van der Waals surface area contributed by atoms with Gasteiger partial charge in [0.1, 0.15) is 5.76 Å². The number of aromatic nitrogens is 1. The second-order valence-electron chi connectivity index (χ2n) is 8.10. The van der Waals surface area contributed by atoms with E-state index in [1.54, 1.807) is 18.2 Å². The molecule has 33 heavy (non-hydrogen) atoms. The van der Waals surface area contributed by atoms with Crippen LogP contribution in [0.5, 0.6) is 0 Å². The summed E-state index contributed by atoms with van der Waals surface area (Å²) < 4.78 is 33.6. The van der Waals surface area contributed by atoms with E-state index < -0.39 is 10.0 Å². The number of nitrogens with one attached hydrogen (secondary N) is 1. The number of hydrogen-bond acceptors (Lipinski definition) is 5. The fraction of sp³-hybridized carbons (Fsp3) is 0.200. The Labute approximate surface area is 191 Å². The molecule has 0 saturated heterocycles. The molecule has 1 N–H and O–H groups in total. The molecular weight excluding hydrogens is 440 g/mol. The van der Waals surface area contributed by atoms with Crippen LogP contribution >= 0.6 is 0 Å². The average Bonchev–Trinajstić information content (AvgIpc) is 3.27. The van der Waals surface area contributed by atoms with E-state index in [2.05, 4.69) is 4.98 Å². The first-order valence-electron chi connectivity index (χ1n) is 10.4. The van der Waals surface area contributed by atoms with E-state index >= 15 is 0 Å². The lowest BCUT2D eigenvalue weighted by Gasteiger charge is -2.21. The Kier molecular flexibility index (Phi) is 6.05. The molecule has 0 aliphatic heterocycles. The zero-order chi connectivity index (χ0) is 23.8. The number of aryl methyl sites for hydroxylation is 2. The highest BCUT2D eigenvalue weighted by Crippen LogP contribution is 2.23. The average molecular weight is 465 g/mol. The number of ketones is 1. The summed E-state index contributed by atoms with van der Waals surface area (Å²) in [5.74, 6) is 0.294. The maximum Gasteiger partial charge on any atom is 0.252 e. The van der Waals surface area contributed by atoms with Crippen LogP contribution in [-0.4, -0.2) is 23.5 Å². The second kappa shape index (κ2) is 8.80. The van der Waals surface area contributed by atoms with Crippen molar-refractivity contribution < 1.29 is 17.6 Å². The van der Waals surface area contributed by atoms with Crippen LogP contribution in [0.25, 0.3) is 10.9 Å². The van der Waals surface area contributed by atoms with Crippen molar-refractivity contribution in [2.45, 2.75) is 38.8 Å². The van der Waals surface area contributed by atoms with Gasteiger partial charge in [0.25, 0.3) is 5.56 Å². The molecule has 0 atom stereocenters. The number of carbonyl (C=O) groups is 1. The first-order chi connectivity index (χ1) is 15.6. The van der Waals surface area contributed by atoms with Crippen molar-refractivity contribution in [1.29, 1.82) is 0 Å². The summed E-state index contributed by atoms with van der Waals surface area (Å²) in [5, 5.41) is 0.858. The van der Waals surface area contributed by atoms with Gasteiger partial charge in [0.15, 0.2) is 5.78 Å². The lowest BCUT2D eigenvalue weighted by Crippen LogP contribution is -2.32. The third-order valence-corrected chi connectivity index (χ3v) is 7.35. The van der Waals surface area contributed by atoms with Gasteiger partial charge in [-0.05, 0) is 68.3 Å². The zero-order valence-electron chi connectivity index (χ0n) is 18.6. The molecule has 0 unspecified atom stereocenters. The number of fused-ring (bicyclic) bond motifs is 1. The van der Waals surface area contributed by atoms with Gasteiger partial charge in [0, 0.05) is 28.6 Å². The third-order valence-electron chi connectivity index (χ3n) is 5.55. The number of sulfonamides is 1. The molecule has 4 rings (SSSR count). The highest BCUT2D eigenvalue weighted by molar-refractivity contribution is 7.89. The molecule has 170 valence electrons. The van der Waals surface area contributed by atoms with E-state index in [0.29, 0.717) is 22.4 Å². The third kappa shape index (κ3) is 4.67. The van der Waals surface area contributed by atoms with E-state index in [0.717, 1.165) is 16.5 Å². The van der Waals surface area contributed by atoms with Gasteiger partial charge >= 0.3 is 0 Å². The predicted octanol–water partition coefficient (Wildman–Crippen LogP) is 4.33. The van der Waals surface area contributed by atoms with Gasteiger partial charge in [-0.2, -0.15) is 4.31 Å². The van der Waals surface area contributed by atoms with Crippen molar-refractivity contribution in [3.05, 3.63) is 99.2 Å². The first kappa shape index (κ1) is 22.7. The summed E-state index contributed by atoms with van der Waals surface area (Å²) in [4.78, 5) is 27.3. The van der Waals surface area contributed by atoms with Crippen LogP contribution in [0.15, 0.2) is 75.0 Å². The van der Waals surface area contributed by atoms with E-state index in [4.69, 9.17) is 4.42 Å². The minimum absolute atomic E-state index is 0.0306. The van der Waals surface area contributed by atoms with Gasteiger partial charge in [-0.3, -0.25) is 9.59 Å². The number of furan rings is 1. The number of Topliss-reactive ketones (excluding diaryl/α,β-unsaturated/α-hetero) is 1. The molecule has 0 fully saturated rings. The number of aromatic amines is 1. The summed E-state index contributed by atoms with van der Waals surface area (Å²) >= 11 is 0. The Bertz CT molecular complexity index is 1480. The summed E-state index contributed by atoms with van der Waals surface area (Å²) in [6.45, 7) is 5.13. The van der Waals surface area contributed by atoms with Crippen molar-refractivity contribution in [2.24, 2.45) is 0 Å². The Hall–Kier alpha value is -3.49. The van der Waals surface area contributed by atoms with Gasteiger partial charge in [0.2, 0.25) is 10.0 Å². The number of rotatable bonds is 7. The number of H-pyrrole nitrogens is 1. The highest BCUT2D eigenvalue weighted by Gasteiger charge is 2.27. The van der Waals surface area contributed by atoms with Crippen LogP contribution in [0.4, 0.5) is 0 Å². The number of benzene rings is 2. The van der Waals surface area contributed by atoms with Crippen LogP contribution in [0.3, 0.4) is 0 Å². The topological polar surface area (TPSA) is 100 Å². The van der Waals surface area contributed by atoms with Crippen molar-refractivity contribution >= 4 is 26.7 Å². The van der Waals surface area contributed by atoms with Crippen LogP contribution in [0.1, 0.15) is 39.7 Å². The maximum absolute atomic E-state index is 13.5. The van der Waals surface area contributed by atoms with E-state index in [9.17, 15) is 18.0 Å². The summed E-state index contributed by atoms with van der Waals surface area (Å²) in [5.41, 5.74) is 3.12. The standard InChI is InChI=1S/C25H24N2O5S/c1-16-11-17(2)23-13-20(25(29)26-24(23)12-16)14-27(15-21-5-4-10-32-21)33(30,31)22-8-6-19(7-9-22)18(3)28/h4-13H,14-15H2,1-3H3,(H,26,29). The van der Waals surface area contributed by atoms with Crippen molar-refractivity contribution in [3.8, 4) is 0 Å². The van der Waals surface area contributed by atoms with Crippen molar-refractivity contribution in [2.75, 3.05) is 0 Å². The zero-order valence-corrected chi connectivity index (χ0v) is 19.4. The summed E-state index contributed by atoms with van der Waals surface area (Å²) in [7, 11) is -4.00. The normalized spacial score (nSPS) is 11.9. The van der Waals surface area contributed by atoms with Crippen LogP contribution in [-0.2, 0) is 23.1 Å². The van der Waals surface area contributed by atoms with E-state index in [1.807, 2.05) is 26.0 Å². The Morgan fingerprint density at radius 3 is 2.39 bits per heavy atom. The predicted molar refractivity (Wildman–Crippen MR) is 126 cm³/mol. The molecule has 0 aliphatic carbocycles. The van der Waals surface area contributed by atoms with Gasteiger partial charge < -0.3 is 9.40 Å². The maximum atomic E-state index is 13.5. The van der Waals surface area contributed by atoms with Crippen molar-refractivity contribution in [3.63, 3.8) is 0 Å². The largest absolute Gasteiger partial charge is 0.468 e. The van der Waals surface area contributed by atoms with E-state index in [1.165, 1.54) is 41.8 Å². The van der Waals surface area contributed by atoms with Crippen LogP contribution in [0.2, 0.25) is 0 Å². The minimum Gasteiger partial charge on any atom is -0.468 e. The first-order valence-corrected chi connectivity index (χ1v) is 11.9. The molecule has 0 bridgehead atoms. The quantitative estimate of drug-likeness (QED) is 0.410. The highest BCUT2D eigenvalue weighted by atomic mass is 32.2. The molecule has 0 aliphatic rings. The van der Waals surface area contributed by atoms with Crippen molar-refractivity contribution in [1.82, 2.24) is 9.29 Å². The van der Waals surface area contributed by atoms with Gasteiger partial charge in [-0.1, -0.05) is 18.2 Å². The number of nitrogens with zero attached hydrogens (tertiary/aromatic N) is 1. The number of carbonyl (C=O) groups excluding carboxylic acids is 1. The fourth-order valence-corrected chi connectivity index (χ4v) is 5.22.